The molecule has 0 atom stereocenters. The number of hydrogen-bond acceptors (Lipinski definition) is 4. The van der Waals surface area contributed by atoms with Crippen LogP contribution in [0, 0.1) is 10.1 Å². The molecule has 0 aliphatic heterocycles. The number of aryl methyl sites for hydroxylation is 1. The van der Waals surface area contributed by atoms with E-state index in [2.05, 4.69) is 5.10 Å². The summed E-state index contributed by atoms with van der Waals surface area (Å²) >= 11 is 0. The third-order valence-corrected chi connectivity index (χ3v) is 2.16. The molecule has 0 aliphatic carbocycles. The van der Waals surface area contributed by atoms with E-state index in [1.54, 1.807) is 0 Å². The third-order valence-electron chi connectivity index (χ3n) is 2.16. The first-order chi connectivity index (χ1) is 6.99. The lowest BCUT2D eigenvalue weighted by atomic mass is 10.1. The fourth-order valence-electron chi connectivity index (χ4n) is 1.44. The van der Waals surface area contributed by atoms with Gasteiger partial charge in [0.05, 0.1) is 4.92 Å². The Kier molecular flexibility index (Phi) is 3.28. The van der Waals surface area contributed by atoms with Crippen molar-refractivity contribution in [1.29, 1.82) is 0 Å². The van der Waals surface area contributed by atoms with Gasteiger partial charge in [-0.05, 0) is 6.42 Å². The van der Waals surface area contributed by atoms with Crippen LogP contribution in [0.3, 0.4) is 0 Å². The lowest BCUT2D eigenvalue weighted by Crippen LogP contribution is -2.04. The number of anilines is 1. The summed E-state index contributed by atoms with van der Waals surface area (Å²) in [7, 11) is 0. The molecule has 1 aromatic heterocycles. The first-order valence-corrected chi connectivity index (χ1v) is 4.99. The van der Waals surface area contributed by atoms with Gasteiger partial charge >= 0.3 is 5.69 Å². The molecule has 1 heterocycles. The highest BCUT2D eigenvalue weighted by molar-refractivity contribution is 5.57. The molecule has 0 spiro atoms. The molecule has 1 aromatic rings. The van der Waals surface area contributed by atoms with E-state index in [4.69, 9.17) is 5.73 Å². The maximum absolute atomic E-state index is 10.8. The van der Waals surface area contributed by atoms with Crippen molar-refractivity contribution >= 4 is 11.5 Å². The van der Waals surface area contributed by atoms with Gasteiger partial charge < -0.3 is 5.73 Å². The molecular formula is C9H16N4O2. The average molecular weight is 212 g/mol. The highest BCUT2D eigenvalue weighted by Crippen LogP contribution is 2.31. The predicted molar refractivity (Wildman–Crippen MR) is 57.7 cm³/mol. The van der Waals surface area contributed by atoms with Gasteiger partial charge in [0.2, 0.25) is 5.82 Å². The normalized spacial score (nSPS) is 10.9. The Balaban J connectivity index is 3.26. The van der Waals surface area contributed by atoms with Gasteiger partial charge in [0.1, 0.15) is 5.69 Å². The topological polar surface area (TPSA) is 87.0 Å². The fourth-order valence-corrected chi connectivity index (χ4v) is 1.44. The van der Waals surface area contributed by atoms with Crippen LogP contribution in [0.25, 0.3) is 0 Å². The van der Waals surface area contributed by atoms with Crippen LogP contribution in [0.4, 0.5) is 11.5 Å². The van der Waals surface area contributed by atoms with E-state index >= 15 is 0 Å². The highest BCUT2D eigenvalue weighted by atomic mass is 16.6. The van der Waals surface area contributed by atoms with E-state index in [-0.39, 0.29) is 17.4 Å². The summed E-state index contributed by atoms with van der Waals surface area (Å²) in [4.78, 5) is 10.4. The van der Waals surface area contributed by atoms with Crippen molar-refractivity contribution in [1.82, 2.24) is 9.78 Å². The van der Waals surface area contributed by atoms with E-state index in [1.165, 1.54) is 4.68 Å². The minimum atomic E-state index is -0.455. The van der Waals surface area contributed by atoms with Crippen LogP contribution in [0.15, 0.2) is 0 Å². The van der Waals surface area contributed by atoms with E-state index in [0.29, 0.717) is 12.2 Å². The lowest BCUT2D eigenvalue weighted by molar-refractivity contribution is -0.384. The Bertz CT molecular complexity index is 370. The molecular weight excluding hydrogens is 196 g/mol. The standard InChI is InChI=1S/C9H16N4O2/c1-4-5-12-9(10)8(13(14)15)7(11-12)6(2)3/h6H,4-5,10H2,1-3H3. The van der Waals surface area contributed by atoms with Crippen LogP contribution in [0.5, 0.6) is 0 Å². The van der Waals surface area contributed by atoms with Crippen LogP contribution in [0.1, 0.15) is 38.8 Å². The van der Waals surface area contributed by atoms with Gasteiger partial charge in [-0.3, -0.25) is 10.1 Å². The molecule has 0 aromatic carbocycles. The zero-order chi connectivity index (χ0) is 11.6. The summed E-state index contributed by atoms with van der Waals surface area (Å²) in [5.41, 5.74) is 6.11. The molecule has 0 amide bonds. The quantitative estimate of drug-likeness (QED) is 0.610. The highest BCUT2D eigenvalue weighted by Gasteiger charge is 2.27. The molecule has 6 heteroatoms. The SMILES string of the molecule is CCCn1nc(C(C)C)c([N+](=O)[O-])c1N. The summed E-state index contributed by atoms with van der Waals surface area (Å²) in [5.74, 6) is 0.163. The van der Waals surface area contributed by atoms with Gasteiger partial charge in [0.15, 0.2) is 0 Å². The van der Waals surface area contributed by atoms with Gasteiger partial charge in [-0.2, -0.15) is 5.10 Å². The van der Waals surface area contributed by atoms with Gasteiger partial charge in [-0.15, -0.1) is 0 Å². The summed E-state index contributed by atoms with van der Waals surface area (Å²) in [6.07, 6.45) is 0.848. The van der Waals surface area contributed by atoms with E-state index in [1.807, 2.05) is 20.8 Å². The number of rotatable bonds is 4. The van der Waals surface area contributed by atoms with Crippen molar-refractivity contribution in [3.8, 4) is 0 Å². The molecule has 0 aliphatic rings. The van der Waals surface area contributed by atoms with Gasteiger partial charge in [-0.25, -0.2) is 4.68 Å². The number of aromatic nitrogens is 2. The third kappa shape index (κ3) is 2.08. The van der Waals surface area contributed by atoms with Crippen molar-refractivity contribution in [3.05, 3.63) is 15.8 Å². The Morgan fingerprint density at radius 3 is 2.53 bits per heavy atom. The Labute approximate surface area is 88.2 Å². The first-order valence-electron chi connectivity index (χ1n) is 4.99. The molecule has 15 heavy (non-hydrogen) atoms. The summed E-state index contributed by atoms with van der Waals surface area (Å²) in [5, 5.41) is 15.0. The molecule has 0 radical (unpaired) electrons. The second kappa shape index (κ2) is 4.29. The second-order valence-corrected chi connectivity index (χ2v) is 3.75. The number of nitrogens with zero attached hydrogens (tertiary/aromatic N) is 3. The van der Waals surface area contributed by atoms with E-state index in [0.717, 1.165) is 6.42 Å². The number of nitrogens with two attached hydrogens (primary N) is 1. The molecule has 0 bridgehead atoms. The Hall–Kier alpha value is -1.59. The van der Waals surface area contributed by atoms with E-state index in [9.17, 15) is 10.1 Å². The molecule has 2 N–H and O–H groups in total. The molecule has 0 fully saturated rings. The maximum Gasteiger partial charge on any atom is 0.334 e. The molecule has 0 saturated heterocycles. The fraction of sp³-hybridized carbons (Fsp3) is 0.667. The molecule has 0 saturated carbocycles. The van der Waals surface area contributed by atoms with Crippen molar-refractivity contribution in [2.75, 3.05) is 5.73 Å². The molecule has 0 unspecified atom stereocenters. The van der Waals surface area contributed by atoms with Crippen LogP contribution in [-0.2, 0) is 6.54 Å². The molecule has 6 nitrogen and oxygen atoms in total. The molecule has 1 rings (SSSR count). The minimum Gasteiger partial charge on any atom is -0.378 e. The zero-order valence-corrected chi connectivity index (χ0v) is 9.23. The van der Waals surface area contributed by atoms with Crippen LogP contribution in [-0.4, -0.2) is 14.7 Å². The Morgan fingerprint density at radius 2 is 2.20 bits per heavy atom. The van der Waals surface area contributed by atoms with Gasteiger partial charge in [0.25, 0.3) is 0 Å². The smallest absolute Gasteiger partial charge is 0.334 e. The number of nitrogen functional groups attached to an aromatic ring is 1. The van der Waals surface area contributed by atoms with Gasteiger partial charge in [0, 0.05) is 12.5 Å². The minimum absolute atomic E-state index is 0.00538. The van der Waals surface area contributed by atoms with E-state index < -0.39 is 4.92 Å². The predicted octanol–water partition coefficient (Wildman–Crippen LogP) is 1.91. The molecule has 84 valence electrons. The van der Waals surface area contributed by atoms with Gasteiger partial charge in [-0.1, -0.05) is 20.8 Å². The summed E-state index contributed by atoms with van der Waals surface area (Å²) in [6, 6.07) is 0. The summed E-state index contributed by atoms with van der Waals surface area (Å²) in [6.45, 7) is 6.32. The average Bonchev–Trinajstić information content (AvgIpc) is 2.44. The zero-order valence-electron chi connectivity index (χ0n) is 9.23. The van der Waals surface area contributed by atoms with Crippen molar-refractivity contribution in [3.63, 3.8) is 0 Å². The number of nitro groups is 1. The Morgan fingerprint density at radius 1 is 1.60 bits per heavy atom. The number of hydrogen-bond donors (Lipinski definition) is 1. The van der Waals surface area contributed by atoms with Crippen molar-refractivity contribution < 1.29 is 4.92 Å². The van der Waals surface area contributed by atoms with Crippen LogP contribution >= 0.6 is 0 Å². The lowest BCUT2D eigenvalue weighted by Gasteiger charge is -1.98. The summed E-state index contributed by atoms with van der Waals surface area (Å²) < 4.78 is 1.51. The van der Waals surface area contributed by atoms with Crippen molar-refractivity contribution in [2.45, 2.75) is 39.7 Å². The largest absolute Gasteiger partial charge is 0.378 e. The van der Waals surface area contributed by atoms with Crippen molar-refractivity contribution in [2.24, 2.45) is 0 Å². The second-order valence-electron chi connectivity index (χ2n) is 3.75. The monoisotopic (exact) mass is 212 g/mol. The maximum atomic E-state index is 10.8. The first kappa shape index (κ1) is 11.5. The van der Waals surface area contributed by atoms with Crippen LogP contribution in [0.2, 0.25) is 0 Å². The van der Waals surface area contributed by atoms with Crippen LogP contribution < -0.4 is 5.73 Å².